The van der Waals surface area contributed by atoms with Crippen LogP contribution in [0.1, 0.15) is 12.5 Å². The third-order valence-corrected chi connectivity index (χ3v) is 3.65. The molecule has 0 spiro atoms. The first-order valence-corrected chi connectivity index (χ1v) is 6.92. The van der Waals surface area contributed by atoms with Crippen LogP contribution in [0.25, 0.3) is 11.0 Å². The lowest BCUT2D eigenvalue weighted by Gasteiger charge is -2.09. The second-order valence-electron chi connectivity index (χ2n) is 4.56. The van der Waals surface area contributed by atoms with E-state index < -0.39 is 5.97 Å². The zero-order valence-corrected chi connectivity index (χ0v) is 11.8. The Labute approximate surface area is 116 Å². The molecule has 0 bridgehead atoms. The molecule has 100 valence electrons. The van der Waals surface area contributed by atoms with Gasteiger partial charge in [-0.1, -0.05) is 36.0 Å². The predicted molar refractivity (Wildman–Crippen MR) is 77.6 cm³/mol. The standard InChI is InChI=1S/C14H16N2O2S/c1-9(2)7-16-13-10(3)5-4-6-11(13)15-14(16)19-8-12(17)18/h4-6H,1,7-8H2,2-3H3,(H,17,18). The fourth-order valence-corrected chi connectivity index (χ4v) is 2.72. The average Bonchev–Trinajstić information content (AvgIpc) is 2.65. The summed E-state index contributed by atoms with van der Waals surface area (Å²) < 4.78 is 2.04. The van der Waals surface area contributed by atoms with Gasteiger partial charge in [0.15, 0.2) is 5.16 Å². The molecule has 1 N–H and O–H groups in total. The molecule has 0 aliphatic heterocycles. The Morgan fingerprint density at radius 1 is 1.53 bits per heavy atom. The lowest BCUT2D eigenvalue weighted by Crippen LogP contribution is -2.04. The van der Waals surface area contributed by atoms with Gasteiger partial charge in [-0.2, -0.15) is 0 Å². The second-order valence-corrected chi connectivity index (χ2v) is 5.51. The van der Waals surface area contributed by atoms with E-state index >= 15 is 0 Å². The lowest BCUT2D eigenvalue weighted by molar-refractivity contribution is -0.133. The van der Waals surface area contributed by atoms with Crippen molar-refractivity contribution in [1.29, 1.82) is 0 Å². The second kappa shape index (κ2) is 5.48. The van der Waals surface area contributed by atoms with Crippen LogP contribution < -0.4 is 0 Å². The molecule has 0 amide bonds. The molecule has 0 saturated carbocycles. The quantitative estimate of drug-likeness (QED) is 0.673. The number of fused-ring (bicyclic) bond motifs is 1. The number of rotatable bonds is 5. The number of para-hydroxylation sites is 1. The fourth-order valence-electron chi connectivity index (χ4n) is 2.00. The molecule has 2 aromatic rings. The number of carboxylic acids is 1. The van der Waals surface area contributed by atoms with Crippen LogP contribution in [0.4, 0.5) is 0 Å². The normalized spacial score (nSPS) is 10.8. The SMILES string of the molecule is C=C(C)Cn1c(SCC(=O)O)nc2cccc(C)c21. The predicted octanol–water partition coefficient (Wildman–Crippen LogP) is 3.10. The van der Waals surface area contributed by atoms with Gasteiger partial charge >= 0.3 is 5.97 Å². The van der Waals surface area contributed by atoms with Crippen molar-refractivity contribution in [3.05, 3.63) is 35.9 Å². The molecule has 5 heteroatoms. The van der Waals surface area contributed by atoms with E-state index in [0.717, 1.165) is 27.3 Å². The summed E-state index contributed by atoms with van der Waals surface area (Å²) in [7, 11) is 0. The smallest absolute Gasteiger partial charge is 0.313 e. The first-order chi connectivity index (χ1) is 8.99. The third-order valence-electron chi connectivity index (χ3n) is 2.69. The first kappa shape index (κ1) is 13.7. The van der Waals surface area contributed by atoms with E-state index in [-0.39, 0.29) is 5.75 Å². The van der Waals surface area contributed by atoms with E-state index in [1.807, 2.05) is 36.6 Å². The van der Waals surface area contributed by atoms with Gasteiger partial charge in [0.25, 0.3) is 0 Å². The monoisotopic (exact) mass is 276 g/mol. The number of carboxylic acid groups (broad SMARTS) is 1. The van der Waals surface area contributed by atoms with Crippen LogP contribution >= 0.6 is 11.8 Å². The van der Waals surface area contributed by atoms with Gasteiger partial charge in [0.1, 0.15) is 0 Å². The number of thioether (sulfide) groups is 1. The molecule has 19 heavy (non-hydrogen) atoms. The Hall–Kier alpha value is -1.75. The summed E-state index contributed by atoms with van der Waals surface area (Å²) >= 11 is 1.24. The molecule has 0 radical (unpaired) electrons. The van der Waals surface area contributed by atoms with Crippen molar-refractivity contribution in [3.8, 4) is 0 Å². The molecule has 0 saturated heterocycles. The summed E-state index contributed by atoms with van der Waals surface area (Å²) in [6, 6.07) is 5.94. The van der Waals surface area contributed by atoms with Gasteiger partial charge in [0, 0.05) is 6.54 Å². The summed E-state index contributed by atoms with van der Waals surface area (Å²) in [5, 5.41) is 9.53. The van der Waals surface area contributed by atoms with Crippen LogP contribution in [0.2, 0.25) is 0 Å². The molecule has 1 aromatic carbocycles. The topological polar surface area (TPSA) is 55.1 Å². The Morgan fingerprint density at radius 3 is 2.89 bits per heavy atom. The van der Waals surface area contributed by atoms with E-state index in [2.05, 4.69) is 11.6 Å². The van der Waals surface area contributed by atoms with Crippen LogP contribution in [0.15, 0.2) is 35.5 Å². The van der Waals surface area contributed by atoms with Gasteiger partial charge < -0.3 is 9.67 Å². The van der Waals surface area contributed by atoms with Crippen LogP contribution in [-0.4, -0.2) is 26.4 Å². The largest absolute Gasteiger partial charge is 0.481 e. The maximum absolute atomic E-state index is 10.7. The van der Waals surface area contributed by atoms with Crippen LogP contribution in [0.5, 0.6) is 0 Å². The number of benzene rings is 1. The minimum absolute atomic E-state index is 0.0125. The molecule has 0 fully saturated rings. The van der Waals surface area contributed by atoms with Crippen LogP contribution in [0.3, 0.4) is 0 Å². The summed E-state index contributed by atoms with van der Waals surface area (Å²) in [5.41, 5.74) is 4.10. The molecule has 0 atom stereocenters. The Balaban J connectivity index is 2.52. The number of aliphatic carboxylic acids is 1. The van der Waals surface area contributed by atoms with Crippen LogP contribution in [0, 0.1) is 6.92 Å². The van der Waals surface area contributed by atoms with Crippen molar-refractivity contribution in [2.24, 2.45) is 0 Å². The number of nitrogens with zero attached hydrogens (tertiary/aromatic N) is 2. The molecule has 0 unspecified atom stereocenters. The maximum atomic E-state index is 10.7. The van der Waals surface area contributed by atoms with Gasteiger partial charge in [-0.05, 0) is 25.5 Å². The summed E-state index contributed by atoms with van der Waals surface area (Å²) in [4.78, 5) is 15.2. The van der Waals surface area contributed by atoms with E-state index in [1.54, 1.807) is 0 Å². The number of carbonyl (C=O) groups is 1. The summed E-state index contributed by atoms with van der Waals surface area (Å²) in [5.74, 6) is -0.825. The molecular formula is C14H16N2O2S. The van der Waals surface area contributed by atoms with E-state index in [1.165, 1.54) is 11.8 Å². The van der Waals surface area contributed by atoms with Gasteiger partial charge in [-0.15, -0.1) is 0 Å². The average molecular weight is 276 g/mol. The van der Waals surface area contributed by atoms with Crippen molar-refractivity contribution in [2.75, 3.05) is 5.75 Å². The highest BCUT2D eigenvalue weighted by atomic mass is 32.2. The highest BCUT2D eigenvalue weighted by molar-refractivity contribution is 7.99. The number of aromatic nitrogens is 2. The molecule has 1 heterocycles. The van der Waals surface area contributed by atoms with E-state index in [9.17, 15) is 4.79 Å². The van der Waals surface area contributed by atoms with Crippen molar-refractivity contribution in [2.45, 2.75) is 25.5 Å². The van der Waals surface area contributed by atoms with Gasteiger partial charge in [-0.25, -0.2) is 4.98 Å². The molecule has 2 rings (SSSR count). The van der Waals surface area contributed by atoms with Gasteiger partial charge in [0.05, 0.1) is 16.8 Å². The zero-order chi connectivity index (χ0) is 14.0. The molecule has 0 aliphatic rings. The zero-order valence-electron chi connectivity index (χ0n) is 11.0. The van der Waals surface area contributed by atoms with Crippen LogP contribution in [-0.2, 0) is 11.3 Å². The number of hydrogen-bond acceptors (Lipinski definition) is 3. The lowest BCUT2D eigenvalue weighted by atomic mass is 10.2. The van der Waals surface area contributed by atoms with Gasteiger partial charge in [-0.3, -0.25) is 4.79 Å². The minimum atomic E-state index is -0.837. The third kappa shape index (κ3) is 2.98. The Kier molecular flexibility index (Phi) is 3.95. The maximum Gasteiger partial charge on any atom is 0.313 e. The Morgan fingerprint density at radius 2 is 2.26 bits per heavy atom. The van der Waals surface area contributed by atoms with Gasteiger partial charge in [0.2, 0.25) is 0 Å². The highest BCUT2D eigenvalue weighted by Crippen LogP contribution is 2.27. The fraction of sp³-hybridized carbons (Fsp3) is 0.286. The highest BCUT2D eigenvalue weighted by Gasteiger charge is 2.14. The first-order valence-electron chi connectivity index (χ1n) is 5.94. The molecule has 0 aliphatic carbocycles. The van der Waals surface area contributed by atoms with Crippen molar-refractivity contribution in [1.82, 2.24) is 9.55 Å². The van der Waals surface area contributed by atoms with Crippen molar-refractivity contribution >= 4 is 28.8 Å². The Bertz CT molecular complexity index is 646. The van der Waals surface area contributed by atoms with Crippen molar-refractivity contribution in [3.63, 3.8) is 0 Å². The molecule has 4 nitrogen and oxygen atoms in total. The minimum Gasteiger partial charge on any atom is -0.481 e. The molecule has 1 aromatic heterocycles. The van der Waals surface area contributed by atoms with E-state index in [4.69, 9.17) is 5.11 Å². The number of allylic oxidation sites excluding steroid dienone is 1. The number of imidazole rings is 1. The number of hydrogen-bond donors (Lipinski definition) is 1. The summed E-state index contributed by atoms with van der Waals surface area (Å²) in [6.07, 6.45) is 0. The van der Waals surface area contributed by atoms with E-state index in [0.29, 0.717) is 6.54 Å². The summed E-state index contributed by atoms with van der Waals surface area (Å²) in [6.45, 7) is 8.57. The van der Waals surface area contributed by atoms with Crippen molar-refractivity contribution < 1.29 is 9.90 Å². The molecular weight excluding hydrogens is 260 g/mol. The number of aryl methyl sites for hydroxylation is 1.